The van der Waals surface area contributed by atoms with Gasteiger partial charge in [0, 0.05) is 24.4 Å². The topological polar surface area (TPSA) is 111 Å². The second kappa shape index (κ2) is 5.78. The lowest BCUT2D eigenvalue weighted by Gasteiger charge is -2.07. The van der Waals surface area contributed by atoms with Crippen molar-refractivity contribution in [2.45, 2.75) is 24.8 Å². The summed E-state index contributed by atoms with van der Waals surface area (Å²) in [4.78, 5) is 4.76. The van der Waals surface area contributed by atoms with E-state index in [1.54, 1.807) is 12.3 Å². The SMILES string of the molecule is Cc1csc(CN)c1S(=O)(=O)NCCc1ncno1. The fourth-order valence-electron chi connectivity index (χ4n) is 1.66. The third-order valence-corrected chi connectivity index (χ3v) is 5.43. The summed E-state index contributed by atoms with van der Waals surface area (Å²) >= 11 is 1.35. The molecule has 7 nitrogen and oxygen atoms in total. The summed E-state index contributed by atoms with van der Waals surface area (Å²) in [6, 6.07) is 0. The molecule has 0 saturated carbocycles. The van der Waals surface area contributed by atoms with E-state index in [1.165, 1.54) is 17.7 Å². The van der Waals surface area contributed by atoms with Crippen LogP contribution in [0.3, 0.4) is 0 Å². The summed E-state index contributed by atoms with van der Waals surface area (Å²) in [6.45, 7) is 2.16. The van der Waals surface area contributed by atoms with Gasteiger partial charge in [0.05, 0.1) is 0 Å². The summed E-state index contributed by atoms with van der Waals surface area (Å²) in [5.41, 5.74) is 6.26. The zero-order valence-electron chi connectivity index (χ0n) is 10.3. The van der Waals surface area contributed by atoms with Gasteiger partial charge in [-0.2, -0.15) is 4.98 Å². The highest BCUT2D eigenvalue weighted by Gasteiger charge is 2.22. The van der Waals surface area contributed by atoms with Crippen LogP contribution in [0, 0.1) is 6.92 Å². The van der Waals surface area contributed by atoms with Gasteiger partial charge in [-0.3, -0.25) is 0 Å². The number of nitrogens with zero attached hydrogens (tertiary/aromatic N) is 2. The molecule has 0 radical (unpaired) electrons. The Hall–Kier alpha value is -1.29. The molecule has 9 heteroatoms. The molecule has 19 heavy (non-hydrogen) atoms. The van der Waals surface area contributed by atoms with Crippen LogP contribution < -0.4 is 10.5 Å². The van der Waals surface area contributed by atoms with Crippen molar-refractivity contribution in [1.29, 1.82) is 0 Å². The Morgan fingerprint density at radius 3 is 2.95 bits per heavy atom. The molecule has 0 bridgehead atoms. The lowest BCUT2D eigenvalue weighted by atomic mass is 10.3. The zero-order chi connectivity index (χ0) is 13.9. The maximum atomic E-state index is 12.2. The first-order chi connectivity index (χ1) is 9.04. The Balaban J connectivity index is 2.07. The molecule has 0 atom stereocenters. The Labute approximate surface area is 114 Å². The minimum absolute atomic E-state index is 0.198. The van der Waals surface area contributed by atoms with E-state index in [4.69, 9.17) is 10.3 Å². The summed E-state index contributed by atoms with van der Waals surface area (Å²) in [6.07, 6.45) is 1.62. The molecule has 0 aromatic carbocycles. The zero-order valence-corrected chi connectivity index (χ0v) is 11.9. The first-order valence-electron chi connectivity index (χ1n) is 5.57. The maximum absolute atomic E-state index is 12.2. The minimum Gasteiger partial charge on any atom is -0.340 e. The van der Waals surface area contributed by atoms with Gasteiger partial charge in [-0.05, 0) is 17.9 Å². The average molecular weight is 302 g/mol. The molecule has 2 aromatic rings. The monoisotopic (exact) mass is 302 g/mol. The largest absolute Gasteiger partial charge is 0.340 e. The van der Waals surface area contributed by atoms with Gasteiger partial charge >= 0.3 is 0 Å². The van der Waals surface area contributed by atoms with Crippen molar-refractivity contribution in [3.63, 3.8) is 0 Å². The van der Waals surface area contributed by atoms with Gasteiger partial charge in [-0.15, -0.1) is 11.3 Å². The van der Waals surface area contributed by atoms with E-state index in [9.17, 15) is 8.42 Å². The summed E-state index contributed by atoms with van der Waals surface area (Å²) in [5, 5.41) is 5.24. The predicted molar refractivity (Wildman–Crippen MR) is 70.1 cm³/mol. The number of nitrogens with one attached hydrogen (secondary N) is 1. The molecule has 3 N–H and O–H groups in total. The Morgan fingerprint density at radius 1 is 1.53 bits per heavy atom. The number of rotatable bonds is 6. The molecule has 0 saturated heterocycles. The summed E-state index contributed by atoms with van der Waals surface area (Å²) < 4.78 is 31.7. The van der Waals surface area contributed by atoms with Crippen molar-refractivity contribution in [3.05, 3.63) is 28.0 Å². The molecular weight excluding hydrogens is 288 g/mol. The average Bonchev–Trinajstić information content (AvgIpc) is 2.98. The highest BCUT2D eigenvalue weighted by atomic mass is 32.2. The van der Waals surface area contributed by atoms with Crippen LogP contribution in [0.25, 0.3) is 0 Å². The summed E-state index contributed by atoms with van der Waals surface area (Å²) in [7, 11) is -3.55. The van der Waals surface area contributed by atoms with Crippen LogP contribution in [0.5, 0.6) is 0 Å². The van der Waals surface area contributed by atoms with Gasteiger partial charge in [0.25, 0.3) is 0 Å². The molecule has 104 valence electrons. The first kappa shape index (κ1) is 14.1. The van der Waals surface area contributed by atoms with Crippen LogP contribution >= 0.6 is 11.3 Å². The smallest absolute Gasteiger partial charge is 0.241 e. The molecule has 2 heterocycles. The molecule has 0 amide bonds. The number of hydrogen-bond donors (Lipinski definition) is 2. The molecule has 0 fully saturated rings. The molecule has 0 aliphatic rings. The van der Waals surface area contributed by atoms with E-state index in [1.807, 2.05) is 0 Å². The molecule has 0 unspecified atom stereocenters. The van der Waals surface area contributed by atoms with Crippen LogP contribution in [-0.4, -0.2) is 25.1 Å². The molecule has 2 aromatic heterocycles. The van der Waals surface area contributed by atoms with E-state index in [0.717, 1.165) is 0 Å². The van der Waals surface area contributed by atoms with Crippen molar-refractivity contribution in [1.82, 2.24) is 14.9 Å². The van der Waals surface area contributed by atoms with Crippen molar-refractivity contribution in [2.75, 3.05) is 6.54 Å². The standard InChI is InChI=1S/C10H14N4O3S2/c1-7-5-18-8(4-11)10(7)19(15,16)14-3-2-9-12-6-13-17-9/h5-6,14H,2-4,11H2,1H3. The van der Waals surface area contributed by atoms with Gasteiger partial charge in [0.1, 0.15) is 4.90 Å². The number of sulfonamides is 1. The Kier molecular flexibility index (Phi) is 4.30. The lowest BCUT2D eigenvalue weighted by molar-refractivity contribution is 0.377. The predicted octanol–water partition coefficient (Wildman–Crippen LogP) is 0.419. The lowest BCUT2D eigenvalue weighted by Crippen LogP contribution is -2.27. The number of aromatic nitrogens is 2. The van der Waals surface area contributed by atoms with Crippen LogP contribution in [0.4, 0.5) is 0 Å². The van der Waals surface area contributed by atoms with Crippen LogP contribution in [0.15, 0.2) is 21.1 Å². The van der Waals surface area contributed by atoms with E-state index < -0.39 is 10.0 Å². The third-order valence-electron chi connectivity index (χ3n) is 2.48. The Morgan fingerprint density at radius 2 is 2.32 bits per heavy atom. The number of thiophene rings is 1. The van der Waals surface area contributed by atoms with E-state index in [2.05, 4.69) is 14.9 Å². The Bertz CT molecular complexity index is 634. The second-order valence-corrected chi connectivity index (χ2v) is 6.53. The summed E-state index contributed by atoms with van der Waals surface area (Å²) in [5.74, 6) is 0.392. The van der Waals surface area contributed by atoms with E-state index in [-0.39, 0.29) is 18.0 Å². The van der Waals surface area contributed by atoms with Crippen molar-refractivity contribution >= 4 is 21.4 Å². The first-order valence-corrected chi connectivity index (χ1v) is 7.93. The van der Waals surface area contributed by atoms with Crippen molar-refractivity contribution in [2.24, 2.45) is 5.73 Å². The van der Waals surface area contributed by atoms with Gasteiger partial charge in [0.15, 0.2) is 6.33 Å². The van der Waals surface area contributed by atoms with Crippen LogP contribution in [0.1, 0.15) is 16.3 Å². The van der Waals surface area contributed by atoms with Gasteiger partial charge in [-0.1, -0.05) is 5.16 Å². The third kappa shape index (κ3) is 3.18. The molecule has 0 spiro atoms. The van der Waals surface area contributed by atoms with Crippen molar-refractivity contribution < 1.29 is 12.9 Å². The fourth-order valence-corrected chi connectivity index (χ4v) is 4.39. The van der Waals surface area contributed by atoms with E-state index in [0.29, 0.717) is 22.8 Å². The quantitative estimate of drug-likeness (QED) is 0.800. The molecule has 2 rings (SSSR count). The number of hydrogen-bond acceptors (Lipinski definition) is 7. The molecule has 0 aliphatic carbocycles. The molecule has 0 aliphatic heterocycles. The normalized spacial score (nSPS) is 11.9. The van der Waals surface area contributed by atoms with Crippen molar-refractivity contribution in [3.8, 4) is 0 Å². The van der Waals surface area contributed by atoms with Crippen LogP contribution in [0.2, 0.25) is 0 Å². The van der Waals surface area contributed by atoms with Gasteiger partial charge in [0.2, 0.25) is 15.9 Å². The highest BCUT2D eigenvalue weighted by Crippen LogP contribution is 2.26. The fraction of sp³-hybridized carbons (Fsp3) is 0.400. The molecular formula is C10H14N4O3S2. The number of nitrogens with two attached hydrogens (primary N) is 1. The van der Waals surface area contributed by atoms with Gasteiger partial charge in [-0.25, -0.2) is 13.1 Å². The van der Waals surface area contributed by atoms with Gasteiger partial charge < -0.3 is 10.3 Å². The maximum Gasteiger partial charge on any atom is 0.241 e. The number of aryl methyl sites for hydroxylation is 1. The highest BCUT2D eigenvalue weighted by molar-refractivity contribution is 7.89. The van der Waals surface area contributed by atoms with Crippen LogP contribution in [-0.2, 0) is 23.0 Å². The van der Waals surface area contributed by atoms with E-state index >= 15 is 0 Å². The second-order valence-electron chi connectivity index (χ2n) is 3.86. The minimum atomic E-state index is -3.55.